The molecule has 0 amide bonds. The van der Waals surface area contributed by atoms with Gasteiger partial charge in [0.15, 0.2) is 11.9 Å². The molecule has 0 aliphatic rings. The van der Waals surface area contributed by atoms with Crippen molar-refractivity contribution in [2.45, 2.75) is 46.1 Å². The van der Waals surface area contributed by atoms with Crippen LogP contribution in [0.25, 0.3) is 11.4 Å². The molecule has 1 atom stereocenters. The Bertz CT molecular complexity index is 1120. The maximum Gasteiger partial charge on any atom is 0.416 e. The molecule has 160 valence electrons. The van der Waals surface area contributed by atoms with Gasteiger partial charge in [-0.2, -0.15) is 13.2 Å². The van der Waals surface area contributed by atoms with E-state index in [2.05, 4.69) is 5.10 Å². The second kappa shape index (κ2) is 8.28. The molecule has 1 aromatic heterocycles. The summed E-state index contributed by atoms with van der Waals surface area (Å²) in [5, 5.41) is 14.3. The summed E-state index contributed by atoms with van der Waals surface area (Å²) < 4.78 is 40.8. The molecule has 1 N–H and O–H groups in total. The average molecular weight is 440 g/mol. The van der Waals surface area contributed by atoms with Gasteiger partial charge in [-0.05, 0) is 67.3 Å². The Labute approximate surface area is 176 Å². The van der Waals surface area contributed by atoms with Gasteiger partial charge >= 0.3 is 11.9 Å². The number of alkyl halides is 3. The number of hydrogen-bond acceptors (Lipinski definition) is 3. The molecule has 9 heteroatoms. The third-order valence-electron chi connectivity index (χ3n) is 5.25. The topological polar surface area (TPSA) is 60.1 Å². The largest absolute Gasteiger partial charge is 0.416 e. The first-order valence-corrected chi connectivity index (χ1v) is 9.61. The number of aliphatic hydroxyl groups is 1. The van der Waals surface area contributed by atoms with E-state index in [1.54, 1.807) is 24.3 Å². The minimum Gasteiger partial charge on any atom is -0.382 e. The fraction of sp³-hybridized carbons (Fsp3) is 0.333. The zero-order chi connectivity index (χ0) is 22.2. The molecule has 0 fully saturated rings. The van der Waals surface area contributed by atoms with Crippen molar-refractivity contribution in [3.63, 3.8) is 0 Å². The number of hydrogen-bond donors (Lipinski definition) is 1. The minimum absolute atomic E-state index is 0.0291. The molecule has 0 unspecified atom stereocenters. The maximum atomic E-state index is 12.9. The van der Waals surface area contributed by atoms with Crippen LogP contribution in [0.4, 0.5) is 13.2 Å². The number of nitrogens with zero attached hydrogens (tertiary/aromatic N) is 3. The zero-order valence-electron chi connectivity index (χ0n) is 16.7. The van der Waals surface area contributed by atoms with Gasteiger partial charge in [-0.15, -0.1) is 5.10 Å². The molecule has 0 aliphatic heterocycles. The van der Waals surface area contributed by atoms with E-state index in [9.17, 15) is 23.1 Å². The van der Waals surface area contributed by atoms with Gasteiger partial charge in [-0.3, -0.25) is 4.57 Å². The van der Waals surface area contributed by atoms with Crippen LogP contribution in [0.1, 0.15) is 22.3 Å². The summed E-state index contributed by atoms with van der Waals surface area (Å²) in [6, 6.07) is 10.0. The first-order valence-electron chi connectivity index (χ1n) is 9.23. The average Bonchev–Trinajstić information content (AvgIpc) is 2.98. The van der Waals surface area contributed by atoms with E-state index in [-0.39, 0.29) is 12.4 Å². The van der Waals surface area contributed by atoms with E-state index < -0.39 is 24.5 Å². The highest BCUT2D eigenvalue weighted by molar-refractivity contribution is 6.30. The predicted octanol–water partition coefficient (Wildman–Crippen LogP) is 4.26. The molecule has 3 aromatic rings. The van der Waals surface area contributed by atoms with Gasteiger partial charge in [0.25, 0.3) is 0 Å². The number of aryl methyl sites for hydroxylation is 1. The van der Waals surface area contributed by atoms with Crippen molar-refractivity contribution in [1.29, 1.82) is 0 Å². The fourth-order valence-corrected chi connectivity index (χ4v) is 3.27. The number of halogens is 4. The van der Waals surface area contributed by atoms with Crippen molar-refractivity contribution in [2.24, 2.45) is 0 Å². The van der Waals surface area contributed by atoms with Crippen molar-refractivity contribution in [2.75, 3.05) is 0 Å². The van der Waals surface area contributed by atoms with E-state index in [1.807, 2.05) is 32.9 Å². The van der Waals surface area contributed by atoms with Gasteiger partial charge in [0, 0.05) is 10.6 Å². The Morgan fingerprint density at radius 3 is 2.30 bits per heavy atom. The Balaban J connectivity index is 2.09. The quantitative estimate of drug-likeness (QED) is 0.646. The van der Waals surface area contributed by atoms with E-state index in [1.165, 1.54) is 0 Å². The molecule has 30 heavy (non-hydrogen) atoms. The SMILES string of the molecule is Cc1ccc(Cn2nc(-c3ccc(Cl)cc3)n(C[C@H](O)C(F)(F)F)c2=O)c(C)c1C. The fourth-order valence-electron chi connectivity index (χ4n) is 3.14. The predicted molar refractivity (Wildman–Crippen MR) is 109 cm³/mol. The Hall–Kier alpha value is -2.58. The molecule has 0 saturated heterocycles. The second-order valence-electron chi connectivity index (χ2n) is 7.23. The summed E-state index contributed by atoms with van der Waals surface area (Å²) >= 11 is 5.89. The summed E-state index contributed by atoms with van der Waals surface area (Å²) in [6.07, 6.45) is -7.55. The van der Waals surface area contributed by atoms with Gasteiger partial charge in [0.1, 0.15) is 0 Å². The highest BCUT2D eigenvalue weighted by Crippen LogP contribution is 2.24. The third kappa shape index (κ3) is 4.44. The lowest BCUT2D eigenvalue weighted by Crippen LogP contribution is -2.37. The van der Waals surface area contributed by atoms with Crippen LogP contribution in [0.5, 0.6) is 0 Å². The number of rotatable bonds is 5. The van der Waals surface area contributed by atoms with Crippen molar-refractivity contribution >= 4 is 11.6 Å². The van der Waals surface area contributed by atoms with Crippen molar-refractivity contribution in [3.05, 3.63) is 74.2 Å². The van der Waals surface area contributed by atoms with Crippen LogP contribution < -0.4 is 5.69 Å². The molecule has 5 nitrogen and oxygen atoms in total. The highest BCUT2D eigenvalue weighted by atomic mass is 35.5. The van der Waals surface area contributed by atoms with Crippen LogP contribution in [0, 0.1) is 20.8 Å². The summed E-state index contributed by atoms with van der Waals surface area (Å²) in [7, 11) is 0. The molecule has 3 rings (SSSR count). The normalized spacial score (nSPS) is 12.9. The smallest absolute Gasteiger partial charge is 0.382 e. The standard InChI is InChI=1S/C21H21ClF3N3O2/c1-12-4-5-16(14(3)13(12)2)10-28-20(30)27(11-18(29)21(23,24)25)19(26-28)15-6-8-17(22)9-7-15/h4-9,18,29H,10-11H2,1-3H3/t18-/m0/s1. The lowest BCUT2D eigenvalue weighted by Gasteiger charge is -2.15. The Kier molecular flexibility index (Phi) is 6.10. The first-order chi connectivity index (χ1) is 14.0. The van der Waals surface area contributed by atoms with Crippen molar-refractivity contribution in [1.82, 2.24) is 14.3 Å². The molecular formula is C21H21ClF3N3O2. The maximum absolute atomic E-state index is 12.9. The second-order valence-corrected chi connectivity index (χ2v) is 7.67. The molecule has 2 aromatic carbocycles. The van der Waals surface area contributed by atoms with Gasteiger partial charge < -0.3 is 5.11 Å². The summed E-state index contributed by atoms with van der Waals surface area (Å²) in [5.41, 5.74) is 3.68. The molecule has 0 spiro atoms. The van der Waals surface area contributed by atoms with Crippen LogP contribution >= 0.6 is 11.6 Å². The van der Waals surface area contributed by atoms with E-state index >= 15 is 0 Å². The zero-order valence-corrected chi connectivity index (χ0v) is 17.4. The van der Waals surface area contributed by atoms with Gasteiger partial charge in [-0.25, -0.2) is 9.48 Å². The summed E-state index contributed by atoms with van der Waals surface area (Å²) in [4.78, 5) is 12.9. The van der Waals surface area contributed by atoms with Crippen LogP contribution in [0.15, 0.2) is 41.2 Å². The number of benzene rings is 2. The minimum atomic E-state index is -4.86. The van der Waals surface area contributed by atoms with Crippen molar-refractivity contribution < 1.29 is 18.3 Å². The summed E-state index contributed by atoms with van der Waals surface area (Å²) in [6.45, 7) is 5.01. The Morgan fingerprint density at radius 1 is 1.07 bits per heavy atom. The number of aliphatic hydroxyl groups excluding tert-OH is 1. The molecule has 0 bridgehead atoms. The monoisotopic (exact) mass is 439 g/mol. The van der Waals surface area contributed by atoms with Gasteiger partial charge in [0.2, 0.25) is 0 Å². The molecular weight excluding hydrogens is 419 g/mol. The lowest BCUT2D eigenvalue weighted by atomic mass is 9.99. The third-order valence-corrected chi connectivity index (χ3v) is 5.50. The van der Waals surface area contributed by atoms with Crippen LogP contribution in [0.2, 0.25) is 5.02 Å². The highest BCUT2D eigenvalue weighted by Gasteiger charge is 2.39. The van der Waals surface area contributed by atoms with Crippen LogP contribution in [0.3, 0.4) is 0 Å². The molecule has 0 aliphatic carbocycles. The van der Waals surface area contributed by atoms with Crippen LogP contribution in [-0.2, 0) is 13.1 Å². The van der Waals surface area contributed by atoms with E-state index in [0.717, 1.165) is 31.5 Å². The molecule has 0 saturated carbocycles. The first kappa shape index (κ1) is 22.1. The Morgan fingerprint density at radius 2 is 1.70 bits per heavy atom. The lowest BCUT2D eigenvalue weighted by molar-refractivity contribution is -0.207. The van der Waals surface area contributed by atoms with E-state index in [0.29, 0.717) is 10.6 Å². The van der Waals surface area contributed by atoms with E-state index in [4.69, 9.17) is 11.6 Å². The molecule has 0 radical (unpaired) electrons. The van der Waals surface area contributed by atoms with Crippen molar-refractivity contribution in [3.8, 4) is 11.4 Å². The van der Waals surface area contributed by atoms with Gasteiger partial charge in [0.05, 0.1) is 13.1 Å². The summed E-state index contributed by atoms with van der Waals surface area (Å²) in [5.74, 6) is 0.0291. The molecule has 1 heterocycles. The van der Waals surface area contributed by atoms with Crippen LogP contribution in [-0.4, -0.2) is 31.7 Å². The van der Waals surface area contributed by atoms with Gasteiger partial charge in [-0.1, -0.05) is 23.7 Å². The number of aromatic nitrogens is 3.